The smallest absolute Gasteiger partial charge is 0.252 e. The second-order valence-corrected chi connectivity index (χ2v) is 5.75. The van der Waals surface area contributed by atoms with Gasteiger partial charge < -0.3 is 15.6 Å². The molecule has 24 heavy (non-hydrogen) atoms. The van der Waals surface area contributed by atoms with Crippen LogP contribution in [0, 0.1) is 0 Å². The summed E-state index contributed by atoms with van der Waals surface area (Å²) in [4.78, 5) is 19.4. The lowest BCUT2D eigenvalue weighted by Gasteiger charge is -2.08. The minimum Gasteiger partial charge on any atom is -0.383 e. The van der Waals surface area contributed by atoms with E-state index in [0.29, 0.717) is 12.1 Å². The first-order valence-corrected chi connectivity index (χ1v) is 8.30. The molecule has 0 fully saturated rings. The molecule has 0 bridgehead atoms. The third-order valence-electron chi connectivity index (χ3n) is 3.93. The molecule has 0 saturated heterocycles. The average molecular weight is 322 g/mol. The summed E-state index contributed by atoms with van der Waals surface area (Å²) >= 11 is 0. The molecule has 0 aliphatic rings. The first-order chi connectivity index (χ1) is 11.8. The maximum atomic E-state index is 12.0. The van der Waals surface area contributed by atoms with E-state index in [2.05, 4.69) is 45.0 Å². The van der Waals surface area contributed by atoms with Gasteiger partial charge in [-0.3, -0.25) is 9.78 Å². The predicted molar refractivity (Wildman–Crippen MR) is 97.4 cm³/mol. The van der Waals surface area contributed by atoms with Gasteiger partial charge in [0.15, 0.2) is 0 Å². The molecule has 0 saturated carbocycles. The Morgan fingerprint density at radius 2 is 2.08 bits per heavy atom. The number of para-hydroxylation sites is 1. The minimum atomic E-state index is -0.0790. The van der Waals surface area contributed by atoms with Crippen molar-refractivity contribution in [2.24, 2.45) is 0 Å². The molecule has 3 rings (SSSR count). The molecule has 5 heteroatoms. The highest BCUT2D eigenvalue weighted by Crippen LogP contribution is 2.18. The van der Waals surface area contributed by atoms with Gasteiger partial charge in [0, 0.05) is 42.6 Å². The van der Waals surface area contributed by atoms with Gasteiger partial charge in [-0.05, 0) is 30.5 Å². The first-order valence-electron chi connectivity index (χ1n) is 8.30. The number of benzene rings is 1. The highest BCUT2D eigenvalue weighted by molar-refractivity contribution is 5.94. The number of carbonyl (C=O) groups is 1. The van der Waals surface area contributed by atoms with E-state index in [4.69, 9.17) is 0 Å². The average Bonchev–Trinajstić information content (AvgIpc) is 3.03. The van der Waals surface area contributed by atoms with Crippen LogP contribution >= 0.6 is 0 Å². The van der Waals surface area contributed by atoms with Crippen LogP contribution in [0.5, 0.6) is 0 Å². The zero-order valence-electron chi connectivity index (χ0n) is 13.8. The Labute approximate surface area is 141 Å². The van der Waals surface area contributed by atoms with Crippen molar-refractivity contribution < 1.29 is 4.79 Å². The molecule has 0 aliphatic carbocycles. The number of anilines is 1. The molecule has 0 unspecified atom stereocenters. The van der Waals surface area contributed by atoms with Gasteiger partial charge in [0.1, 0.15) is 0 Å². The molecule has 5 nitrogen and oxygen atoms in total. The number of nitrogens with zero attached hydrogens (tertiary/aromatic N) is 1. The molecule has 2 aromatic heterocycles. The number of fused-ring (bicyclic) bond motifs is 1. The van der Waals surface area contributed by atoms with Crippen LogP contribution < -0.4 is 10.6 Å². The number of carbonyl (C=O) groups excluding carboxylic acids is 1. The van der Waals surface area contributed by atoms with Crippen molar-refractivity contribution in [3.8, 4) is 0 Å². The Hall–Kier alpha value is -2.82. The molecule has 0 spiro atoms. The Kier molecular flexibility index (Phi) is 5.11. The van der Waals surface area contributed by atoms with Crippen molar-refractivity contribution in [2.75, 3.05) is 18.4 Å². The number of nitrogens with one attached hydrogen (secondary N) is 3. The van der Waals surface area contributed by atoms with Crippen molar-refractivity contribution in [2.45, 2.75) is 19.8 Å². The van der Waals surface area contributed by atoms with E-state index in [-0.39, 0.29) is 5.91 Å². The maximum Gasteiger partial charge on any atom is 0.252 e. The summed E-state index contributed by atoms with van der Waals surface area (Å²) in [5, 5.41) is 7.46. The van der Waals surface area contributed by atoms with Gasteiger partial charge in [-0.25, -0.2) is 0 Å². The van der Waals surface area contributed by atoms with Crippen LogP contribution in [-0.2, 0) is 6.42 Å². The number of rotatable bonds is 7. The molecule has 2 heterocycles. The predicted octanol–water partition coefficient (Wildman–Crippen LogP) is 3.36. The molecule has 3 N–H and O–H groups in total. The van der Waals surface area contributed by atoms with Crippen LogP contribution in [0.2, 0.25) is 0 Å². The monoisotopic (exact) mass is 322 g/mol. The van der Waals surface area contributed by atoms with Crippen molar-refractivity contribution in [3.63, 3.8) is 0 Å². The number of pyridine rings is 1. The van der Waals surface area contributed by atoms with Crippen LogP contribution in [0.4, 0.5) is 5.69 Å². The van der Waals surface area contributed by atoms with Gasteiger partial charge in [-0.15, -0.1) is 0 Å². The largest absolute Gasteiger partial charge is 0.383 e. The number of H-pyrrole nitrogens is 1. The van der Waals surface area contributed by atoms with Gasteiger partial charge in [0.25, 0.3) is 5.91 Å². The molecule has 1 aromatic carbocycles. The van der Waals surface area contributed by atoms with E-state index in [0.717, 1.165) is 30.6 Å². The fourth-order valence-corrected chi connectivity index (χ4v) is 2.68. The molecule has 1 amide bonds. The lowest BCUT2D eigenvalue weighted by atomic mass is 10.1. The molecular weight excluding hydrogens is 300 g/mol. The summed E-state index contributed by atoms with van der Waals surface area (Å²) in [6.07, 6.45) is 7.21. The van der Waals surface area contributed by atoms with E-state index in [1.54, 1.807) is 12.4 Å². The summed E-state index contributed by atoms with van der Waals surface area (Å²) in [5.41, 5.74) is 3.88. The SMILES string of the molecule is CCCNC(=O)c1cncc(NCCc2c[nH]c3ccccc23)c1. The third kappa shape index (κ3) is 3.74. The van der Waals surface area contributed by atoms with Gasteiger partial charge in [-0.2, -0.15) is 0 Å². The quantitative estimate of drug-likeness (QED) is 0.625. The van der Waals surface area contributed by atoms with Crippen molar-refractivity contribution in [1.82, 2.24) is 15.3 Å². The van der Waals surface area contributed by atoms with Crippen LogP contribution in [0.3, 0.4) is 0 Å². The molecule has 0 radical (unpaired) electrons. The van der Waals surface area contributed by atoms with E-state index in [9.17, 15) is 4.79 Å². The number of aromatic nitrogens is 2. The molecule has 3 aromatic rings. The standard InChI is InChI=1S/C19H22N4O/c1-2-8-22-19(24)15-10-16(13-20-11-15)21-9-7-14-12-23-18-6-4-3-5-17(14)18/h3-6,10-13,21,23H,2,7-9H2,1H3,(H,22,24). The van der Waals surface area contributed by atoms with Gasteiger partial charge in [0.05, 0.1) is 11.3 Å². The van der Waals surface area contributed by atoms with Gasteiger partial charge in [-0.1, -0.05) is 25.1 Å². The fourth-order valence-electron chi connectivity index (χ4n) is 2.68. The second kappa shape index (κ2) is 7.64. The Bertz CT molecular complexity index is 825. The maximum absolute atomic E-state index is 12.0. The molecule has 124 valence electrons. The highest BCUT2D eigenvalue weighted by Gasteiger charge is 2.06. The number of hydrogen-bond donors (Lipinski definition) is 3. The first kappa shape index (κ1) is 16.1. The Morgan fingerprint density at radius 1 is 1.21 bits per heavy atom. The summed E-state index contributed by atoms with van der Waals surface area (Å²) < 4.78 is 0. The van der Waals surface area contributed by atoms with E-state index < -0.39 is 0 Å². The summed E-state index contributed by atoms with van der Waals surface area (Å²) in [6, 6.07) is 10.1. The van der Waals surface area contributed by atoms with E-state index in [1.807, 2.05) is 19.1 Å². The number of hydrogen-bond acceptors (Lipinski definition) is 3. The van der Waals surface area contributed by atoms with Crippen LogP contribution in [-0.4, -0.2) is 29.0 Å². The topological polar surface area (TPSA) is 69.8 Å². The van der Waals surface area contributed by atoms with Crippen molar-refractivity contribution in [1.29, 1.82) is 0 Å². The minimum absolute atomic E-state index is 0.0790. The zero-order valence-corrected chi connectivity index (χ0v) is 13.8. The zero-order chi connectivity index (χ0) is 16.8. The van der Waals surface area contributed by atoms with E-state index >= 15 is 0 Å². The summed E-state index contributed by atoms with van der Waals surface area (Å²) in [7, 11) is 0. The van der Waals surface area contributed by atoms with E-state index in [1.165, 1.54) is 10.9 Å². The molecular formula is C19H22N4O. The molecule has 0 atom stereocenters. The van der Waals surface area contributed by atoms with Crippen LogP contribution in [0.15, 0.2) is 48.9 Å². The van der Waals surface area contributed by atoms with Crippen molar-refractivity contribution in [3.05, 3.63) is 60.0 Å². The lowest BCUT2D eigenvalue weighted by Crippen LogP contribution is -2.24. The Balaban J connectivity index is 1.59. The Morgan fingerprint density at radius 3 is 2.96 bits per heavy atom. The second-order valence-electron chi connectivity index (χ2n) is 5.75. The lowest BCUT2D eigenvalue weighted by molar-refractivity contribution is 0.0953. The van der Waals surface area contributed by atoms with Crippen LogP contribution in [0.25, 0.3) is 10.9 Å². The summed E-state index contributed by atoms with van der Waals surface area (Å²) in [5.74, 6) is -0.0790. The number of aromatic amines is 1. The molecule has 0 aliphatic heterocycles. The van der Waals surface area contributed by atoms with Gasteiger partial charge >= 0.3 is 0 Å². The van der Waals surface area contributed by atoms with Gasteiger partial charge in [0.2, 0.25) is 0 Å². The highest BCUT2D eigenvalue weighted by atomic mass is 16.1. The fraction of sp³-hybridized carbons (Fsp3) is 0.263. The summed E-state index contributed by atoms with van der Waals surface area (Å²) in [6.45, 7) is 3.49. The number of amides is 1. The van der Waals surface area contributed by atoms with Crippen LogP contribution in [0.1, 0.15) is 29.3 Å². The normalized spacial score (nSPS) is 10.7. The van der Waals surface area contributed by atoms with Crippen molar-refractivity contribution >= 4 is 22.5 Å². The third-order valence-corrected chi connectivity index (χ3v) is 3.93.